The zero-order valence-electron chi connectivity index (χ0n) is 16.3. The minimum Gasteiger partial charge on any atom is -0.474 e. The van der Waals surface area contributed by atoms with Crippen molar-refractivity contribution in [2.75, 3.05) is 39.9 Å². The third-order valence-electron chi connectivity index (χ3n) is 6.22. The highest BCUT2D eigenvalue weighted by Crippen LogP contribution is 2.50. The van der Waals surface area contributed by atoms with E-state index in [1.165, 1.54) is 5.56 Å². The van der Waals surface area contributed by atoms with Crippen LogP contribution in [0.15, 0.2) is 30.3 Å². The van der Waals surface area contributed by atoms with E-state index < -0.39 is 0 Å². The normalized spacial score (nSPS) is 27.4. The van der Waals surface area contributed by atoms with E-state index in [2.05, 4.69) is 30.0 Å². The largest absolute Gasteiger partial charge is 0.474 e. The molecular weight excluding hydrogens is 374 g/mol. The maximum Gasteiger partial charge on any atom is 0.231 e. The van der Waals surface area contributed by atoms with Crippen molar-refractivity contribution >= 4 is 0 Å². The molecular formula is C22H23NO6. The van der Waals surface area contributed by atoms with Gasteiger partial charge in [0.1, 0.15) is 5.75 Å². The Morgan fingerprint density at radius 2 is 1.48 bits per heavy atom. The van der Waals surface area contributed by atoms with Gasteiger partial charge >= 0.3 is 0 Å². The molecule has 0 N–H and O–H groups in total. The number of morpholine rings is 1. The van der Waals surface area contributed by atoms with Crippen molar-refractivity contribution in [3.8, 4) is 28.7 Å². The number of ether oxygens (including phenoxy) is 6. The second kappa shape index (κ2) is 6.71. The average molecular weight is 397 g/mol. The molecule has 0 amide bonds. The van der Waals surface area contributed by atoms with Crippen molar-refractivity contribution < 1.29 is 28.4 Å². The highest BCUT2D eigenvalue weighted by atomic mass is 16.7. The second-order valence-electron chi connectivity index (χ2n) is 7.85. The number of fused-ring (bicyclic) bond motifs is 3. The van der Waals surface area contributed by atoms with Gasteiger partial charge in [0.25, 0.3) is 0 Å². The van der Waals surface area contributed by atoms with Gasteiger partial charge in [-0.3, -0.25) is 4.90 Å². The molecule has 6 rings (SSSR count). The van der Waals surface area contributed by atoms with Crippen LogP contribution in [0.25, 0.3) is 0 Å². The standard InChI is InChI=1S/C22H23NO6/c1-13-21(14-2-3-16-18(8-14)26-11-25-16)15-9-19-20(28-12-27-19)10-17(15)29-22(13)23-4-6-24-7-5-23/h2-3,8-10,13,21-22H,4-7,11-12H2,1H3. The summed E-state index contributed by atoms with van der Waals surface area (Å²) in [5.74, 6) is 4.32. The molecule has 0 saturated carbocycles. The van der Waals surface area contributed by atoms with Gasteiger partial charge in [-0.25, -0.2) is 0 Å². The van der Waals surface area contributed by atoms with Crippen LogP contribution in [0.5, 0.6) is 28.7 Å². The molecule has 0 aromatic heterocycles. The van der Waals surface area contributed by atoms with Crippen LogP contribution in [0.4, 0.5) is 0 Å². The molecule has 4 heterocycles. The van der Waals surface area contributed by atoms with Gasteiger partial charge in [-0.05, 0) is 23.8 Å². The first-order valence-corrected chi connectivity index (χ1v) is 10.1. The molecule has 0 aliphatic carbocycles. The van der Waals surface area contributed by atoms with Gasteiger partial charge in [-0.15, -0.1) is 0 Å². The Morgan fingerprint density at radius 1 is 0.793 bits per heavy atom. The average Bonchev–Trinajstić information content (AvgIpc) is 3.41. The van der Waals surface area contributed by atoms with E-state index in [1.807, 2.05) is 12.1 Å². The van der Waals surface area contributed by atoms with Crippen LogP contribution in [0, 0.1) is 5.92 Å². The molecule has 7 nitrogen and oxygen atoms in total. The van der Waals surface area contributed by atoms with Gasteiger partial charge in [0.2, 0.25) is 13.6 Å². The summed E-state index contributed by atoms with van der Waals surface area (Å²) in [6.45, 7) is 5.96. The predicted octanol–water partition coefficient (Wildman–Crippen LogP) is 2.96. The lowest BCUT2D eigenvalue weighted by atomic mass is 9.78. The van der Waals surface area contributed by atoms with Gasteiger partial charge in [-0.2, -0.15) is 0 Å². The van der Waals surface area contributed by atoms with Crippen molar-refractivity contribution in [1.29, 1.82) is 0 Å². The molecule has 4 aliphatic heterocycles. The minimum atomic E-state index is -0.0396. The Balaban J connectivity index is 1.45. The molecule has 3 atom stereocenters. The Morgan fingerprint density at radius 3 is 2.28 bits per heavy atom. The molecule has 1 fully saturated rings. The molecule has 152 valence electrons. The molecule has 3 unspecified atom stereocenters. The third-order valence-corrected chi connectivity index (χ3v) is 6.22. The number of rotatable bonds is 2. The van der Waals surface area contributed by atoms with Crippen molar-refractivity contribution in [1.82, 2.24) is 4.90 Å². The fourth-order valence-corrected chi connectivity index (χ4v) is 4.80. The predicted molar refractivity (Wildman–Crippen MR) is 103 cm³/mol. The second-order valence-corrected chi connectivity index (χ2v) is 7.85. The molecule has 7 heteroatoms. The zero-order chi connectivity index (χ0) is 19.4. The van der Waals surface area contributed by atoms with Crippen molar-refractivity contribution in [3.63, 3.8) is 0 Å². The van der Waals surface area contributed by atoms with Crippen LogP contribution < -0.4 is 23.7 Å². The first-order valence-electron chi connectivity index (χ1n) is 10.1. The van der Waals surface area contributed by atoms with E-state index in [4.69, 9.17) is 28.4 Å². The molecule has 2 aromatic carbocycles. The van der Waals surface area contributed by atoms with Crippen LogP contribution in [0.3, 0.4) is 0 Å². The highest BCUT2D eigenvalue weighted by molar-refractivity contribution is 5.57. The Bertz CT molecular complexity index is 941. The fraction of sp³-hybridized carbons (Fsp3) is 0.455. The fourth-order valence-electron chi connectivity index (χ4n) is 4.80. The number of benzene rings is 2. The summed E-state index contributed by atoms with van der Waals surface area (Å²) < 4.78 is 34.5. The first-order chi connectivity index (χ1) is 14.3. The number of nitrogens with zero attached hydrogens (tertiary/aromatic N) is 1. The van der Waals surface area contributed by atoms with Gasteiger partial charge < -0.3 is 28.4 Å². The van der Waals surface area contributed by atoms with E-state index >= 15 is 0 Å². The van der Waals surface area contributed by atoms with Crippen LogP contribution in [0.1, 0.15) is 24.0 Å². The van der Waals surface area contributed by atoms with E-state index in [1.54, 1.807) is 0 Å². The first kappa shape index (κ1) is 17.2. The van der Waals surface area contributed by atoms with Crippen LogP contribution in [-0.4, -0.2) is 51.0 Å². The van der Waals surface area contributed by atoms with Crippen molar-refractivity contribution in [3.05, 3.63) is 41.5 Å². The van der Waals surface area contributed by atoms with Gasteiger partial charge in [0, 0.05) is 36.6 Å². The summed E-state index contributed by atoms with van der Waals surface area (Å²) in [5, 5.41) is 0. The summed E-state index contributed by atoms with van der Waals surface area (Å²) in [6.07, 6.45) is -0.0396. The maximum atomic E-state index is 6.53. The van der Waals surface area contributed by atoms with E-state index in [0.717, 1.165) is 60.6 Å². The molecule has 29 heavy (non-hydrogen) atoms. The zero-order valence-corrected chi connectivity index (χ0v) is 16.3. The molecule has 0 spiro atoms. The van der Waals surface area contributed by atoms with E-state index in [0.29, 0.717) is 0 Å². The van der Waals surface area contributed by atoms with Gasteiger partial charge in [0.15, 0.2) is 29.2 Å². The lowest BCUT2D eigenvalue weighted by Gasteiger charge is -2.44. The van der Waals surface area contributed by atoms with E-state index in [-0.39, 0.29) is 31.6 Å². The molecule has 2 aromatic rings. The quantitative estimate of drug-likeness (QED) is 0.772. The minimum absolute atomic E-state index is 0.0396. The molecule has 4 aliphatic rings. The monoisotopic (exact) mass is 397 g/mol. The SMILES string of the molecule is CC1C(c2ccc3c(c2)OCO3)c2cc3c(cc2OC1N1CCOCC1)OCO3. The van der Waals surface area contributed by atoms with Gasteiger partial charge in [0.05, 0.1) is 13.2 Å². The topological polar surface area (TPSA) is 58.6 Å². The van der Waals surface area contributed by atoms with Crippen molar-refractivity contribution in [2.45, 2.75) is 19.1 Å². The van der Waals surface area contributed by atoms with E-state index in [9.17, 15) is 0 Å². The summed E-state index contributed by atoms with van der Waals surface area (Å²) in [5.41, 5.74) is 2.30. The Hall–Kier alpha value is -2.64. The molecule has 0 bridgehead atoms. The summed E-state index contributed by atoms with van der Waals surface area (Å²) >= 11 is 0. The summed E-state index contributed by atoms with van der Waals surface area (Å²) in [4.78, 5) is 2.38. The Kier molecular flexibility index (Phi) is 3.99. The Labute approximate surface area is 169 Å². The molecule has 1 saturated heterocycles. The summed E-state index contributed by atoms with van der Waals surface area (Å²) in [6, 6.07) is 10.3. The number of hydrogen-bond donors (Lipinski definition) is 0. The van der Waals surface area contributed by atoms with Crippen LogP contribution >= 0.6 is 0 Å². The third kappa shape index (κ3) is 2.80. The highest BCUT2D eigenvalue weighted by Gasteiger charge is 2.41. The van der Waals surface area contributed by atoms with Crippen LogP contribution in [-0.2, 0) is 4.74 Å². The summed E-state index contributed by atoms with van der Waals surface area (Å²) in [7, 11) is 0. The van der Waals surface area contributed by atoms with Crippen LogP contribution in [0.2, 0.25) is 0 Å². The number of hydrogen-bond acceptors (Lipinski definition) is 7. The lowest BCUT2D eigenvalue weighted by Crippen LogP contribution is -2.52. The van der Waals surface area contributed by atoms with Gasteiger partial charge in [-0.1, -0.05) is 13.0 Å². The maximum absolute atomic E-state index is 6.53. The molecule has 0 radical (unpaired) electrons. The lowest BCUT2D eigenvalue weighted by molar-refractivity contribution is -0.0784. The smallest absolute Gasteiger partial charge is 0.231 e. The van der Waals surface area contributed by atoms with Crippen molar-refractivity contribution in [2.24, 2.45) is 5.92 Å².